The van der Waals surface area contributed by atoms with Gasteiger partial charge in [0.05, 0.1) is 10.9 Å². The highest BCUT2D eigenvalue weighted by atomic mass is 16.7. The lowest BCUT2D eigenvalue weighted by molar-refractivity contribution is -0.686. The molecule has 3 heterocycles. The Morgan fingerprint density at radius 3 is 2.78 bits per heavy atom. The van der Waals surface area contributed by atoms with E-state index in [2.05, 4.69) is 29.0 Å². The lowest BCUT2D eigenvalue weighted by Crippen LogP contribution is -2.40. The Kier molecular flexibility index (Phi) is 2.43. The molecule has 1 N–H and O–H groups in total. The van der Waals surface area contributed by atoms with E-state index < -0.39 is 0 Å². The number of rotatable bonds is 0. The average Bonchev–Trinajstić information content (AvgIpc) is 3.02. The van der Waals surface area contributed by atoms with Crippen LogP contribution in [0.25, 0.3) is 22.0 Å². The highest BCUT2D eigenvalue weighted by Crippen LogP contribution is 2.40. The summed E-state index contributed by atoms with van der Waals surface area (Å²) in [7, 11) is 0. The molecule has 5 rings (SSSR count). The molecular weight excluding hydrogens is 290 g/mol. The lowest BCUT2D eigenvalue weighted by Gasteiger charge is -2.16. The van der Waals surface area contributed by atoms with Crippen LogP contribution >= 0.6 is 0 Å². The Morgan fingerprint density at radius 2 is 1.91 bits per heavy atom. The minimum Gasteiger partial charge on any atom is -0.508 e. The van der Waals surface area contributed by atoms with E-state index in [0.717, 1.165) is 40.8 Å². The van der Waals surface area contributed by atoms with Crippen molar-refractivity contribution in [2.75, 3.05) is 6.79 Å². The molecule has 0 bridgehead atoms. The SMILES string of the molecule is Cc1c(O)ccc2cc3[n+](cc12)CCc1cc2c(cc1-3)OCO2. The van der Waals surface area contributed by atoms with Crippen LogP contribution in [0.2, 0.25) is 0 Å². The molecule has 23 heavy (non-hydrogen) atoms. The third-order valence-electron chi connectivity index (χ3n) is 4.90. The van der Waals surface area contributed by atoms with Crippen molar-refractivity contribution < 1.29 is 19.1 Å². The summed E-state index contributed by atoms with van der Waals surface area (Å²) < 4.78 is 13.3. The van der Waals surface area contributed by atoms with Gasteiger partial charge in [-0.3, -0.25) is 0 Å². The number of phenols is 1. The molecule has 0 atom stereocenters. The average molecular weight is 306 g/mol. The van der Waals surface area contributed by atoms with Gasteiger partial charge >= 0.3 is 0 Å². The fourth-order valence-electron chi connectivity index (χ4n) is 3.58. The quantitative estimate of drug-likeness (QED) is 0.649. The van der Waals surface area contributed by atoms with Crippen molar-refractivity contribution in [2.24, 2.45) is 0 Å². The molecule has 0 aliphatic carbocycles. The summed E-state index contributed by atoms with van der Waals surface area (Å²) in [6.07, 6.45) is 3.11. The summed E-state index contributed by atoms with van der Waals surface area (Å²) in [6, 6.07) is 10.1. The fourth-order valence-corrected chi connectivity index (χ4v) is 3.58. The summed E-state index contributed by atoms with van der Waals surface area (Å²) in [5.74, 6) is 2.01. The van der Waals surface area contributed by atoms with Crippen molar-refractivity contribution in [1.82, 2.24) is 0 Å². The van der Waals surface area contributed by atoms with Gasteiger partial charge in [-0.2, -0.15) is 4.57 Å². The van der Waals surface area contributed by atoms with Crippen LogP contribution in [0.3, 0.4) is 0 Å². The van der Waals surface area contributed by atoms with Gasteiger partial charge in [0.15, 0.2) is 24.2 Å². The van der Waals surface area contributed by atoms with E-state index in [-0.39, 0.29) is 0 Å². The van der Waals surface area contributed by atoms with Gasteiger partial charge in [-0.25, -0.2) is 0 Å². The molecule has 3 aromatic rings. The van der Waals surface area contributed by atoms with Gasteiger partial charge < -0.3 is 14.6 Å². The van der Waals surface area contributed by atoms with E-state index in [1.165, 1.54) is 16.8 Å². The van der Waals surface area contributed by atoms with Crippen molar-refractivity contribution in [2.45, 2.75) is 19.9 Å². The normalized spacial score (nSPS) is 14.7. The number of aromatic nitrogens is 1. The highest BCUT2D eigenvalue weighted by Gasteiger charge is 2.27. The Labute approximate surface area is 133 Å². The zero-order valence-electron chi connectivity index (χ0n) is 12.8. The first-order valence-electron chi connectivity index (χ1n) is 7.79. The summed E-state index contributed by atoms with van der Waals surface area (Å²) >= 11 is 0. The molecule has 2 aliphatic heterocycles. The summed E-state index contributed by atoms with van der Waals surface area (Å²) in [5, 5.41) is 12.2. The molecule has 0 amide bonds. The van der Waals surface area contributed by atoms with E-state index in [1.807, 2.05) is 13.0 Å². The first kappa shape index (κ1) is 12.8. The van der Waals surface area contributed by atoms with Crippen LogP contribution in [0, 0.1) is 6.92 Å². The summed E-state index contributed by atoms with van der Waals surface area (Å²) in [4.78, 5) is 0. The van der Waals surface area contributed by atoms with Crippen molar-refractivity contribution in [3.8, 4) is 28.5 Å². The minimum atomic E-state index is 0.300. The molecule has 114 valence electrons. The van der Waals surface area contributed by atoms with Crippen LogP contribution in [0.4, 0.5) is 0 Å². The molecule has 4 heteroatoms. The maximum Gasteiger partial charge on any atom is 0.231 e. The molecule has 2 aliphatic rings. The van der Waals surface area contributed by atoms with Gasteiger partial charge in [0.25, 0.3) is 0 Å². The van der Waals surface area contributed by atoms with E-state index >= 15 is 0 Å². The van der Waals surface area contributed by atoms with Crippen LogP contribution in [0.15, 0.2) is 36.5 Å². The van der Waals surface area contributed by atoms with Gasteiger partial charge in [0, 0.05) is 18.1 Å². The van der Waals surface area contributed by atoms with Crippen molar-refractivity contribution in [3.63, 3.8) is 0 Å². The van der Waals surface area contributed by atoms with Crippen molar-refractivity contribution in [3.05, 3.63) is 47.7 Å². The van der Waals surface area contributed by atoms with E-state index in [9.17, 15) is 5.11 Å². The number of hydrogen-bond acceptors (Lipinski definition) is 3. The van der Waals surface area contributed by atoms with Crippen molar-refractivity contribution in [1.29, 1.82) is 0 Å². The van der Waals surface area contributed by atoms with Crippen molar-refractivity contribution >= 4 is 10.8 Å². The number of aryl methyl sites for hydroxylation is 3. The molecule has 0 fully saturated rings. The minimum absolute atomic E-state index is 0.300. The zero-order chi connectivity index (χ0) is 15.6. The Balaban J connectivity index is 1.79. The smallest absolute Gasteiger partial charge is 0.231 e. The van der Waals surface area contributed by atoms with Gasteiger partial charge in [-0.1, -0.05) is 6.07 Å². The fraction of sp³-hybridized carbons (Fsp3) is 0.211. The molecule has 4 nitrogen and oxygen atoms in total. The number of pyridine rings is 1. The number of hydrogen-bond donors (Lipinski definition) is 1. The van der Waals surface area contributed by atoms with Gasteiger partial charge in [-0.15, -0.1) is 0 Å². The number of fused-ring (bicyclic) bond motifs is 5. The number of phenolic OH excluding ortho intramolecular Hbond substituents is 1. The van der Waals surface area contributed by atoms with Gasteiger partial charge in [0.1, 0.15) is 5.75 Å². The van der Waals surface area contributed by atoms with E-state index in [0.29, 0.717) is 12.5 Å². The second kappa shape index (κ2) is 4.38. The maximum atomic E-state index is 9.95. The second-order valence-electron chi connectivity index (χ2n) is 6.18. The first-order chi connectivity index (χ1) is 11.2. The van der Waals surface area contributed by atoms with Crippen LogP contribution < -0.4 is 14.0 Å². The standard InChI is InChI=1S/C19H15NO3/c1-11-15-9-20-5-4-13-7-18-19(23-10-22-18)8-14(13)16(20)6-12(15)2-3-17(11)21/h2-3,6-9H,4-5,10H2,1H3/p+1. The molecule has 0 saturated carbocycles. The molecule has 2 aromatic carbocycles. The topological polar surface area (TPSA) is 42.6 Å². The maximum absolute atomic E-state index is 9.95. The third kappa shape index (κ3) is 1.75. The van der Waals surface area contributed by atoms with Gasteiger partial charge in [0.2, 0.25) is 12.5 Å². The first-order valence-corrected chi connectivity index (χ1v) is 7.79. The summed E-state index contributed by atoms with van der Waals surface area (Å²) in [5.41, 5.74) is 4.61. The lowest BCUT2D eigenvalue weighted by atomic mass is 9.94. The molecule has 0 unspecified atom stereocenters. The number of benzene rings is 2. The molecule has 0 saturated heterocycles. The number of nitrogens with zero attached hydrogens (tertiary/aromatic N) is 1. The predicted molar refractivity (Wildman–Crippen MR) is 85.8 cm³/mol. The zero-order valence-corrected chi connectivity index (χ0v) is 12.8. The second-order valence-corrected chi connectivity index (χ2v) is 6.18. The molecule has 1 aromatic heterocycles. The van der Waals surface area contributed by atoms with Crippen LogP contribution in [0.5, 0.6) is 17.2 Å². The van der Waals surface area contributed by atoms with E-state index in [4.69, 9.17) is 9.47 Å². The molecule has 0 radical (unpaired) electrons. The summed E-state index contributed by atoms with van der Waals surface area (Å²) in [6.45, 7) is 3.18. The highest BCUT2D eigenvalue weighted by molar-refractivity contribution is 5.88. The Hall–Kier alpha value is -2.75. The molecule has 0 spiro atoms. The Morgan fingerprint density at radius 1 is 1.09 bits per heavy atom. The van der Waals surface area contributed by atoms with Crippen LogP contribution in [-0.2, 0) is 13.0 Å². The van der Waals surface area contributed by atoms with E-state index in [1.54, 1.807) is 6.07 Å². The number of aromatic hydroxyl groups is 1. The third-order valence-corrected chi connectivity index (χ3v) is 4.90. The van der Waals surface area contributed by atoms with Crippen LogP contribution in [-0.4, -0.2) is 11.9 Å². The van der Waals surface area contributed by atoms with Crippen LogP contribution in [0.1, 0.15) is 11.1 Å². The predicted octanol–water partition coefficient (Wildman–Crippen LogP) is 3.09. The van der Waals surface area contributed by atoms with Gasteiger partial charge in [-0.05, 0) is 36.1 Å². The Bertz CT molecular complexity index is 978. The molecular formula is C19H16NO3+. The monoisotopic (exact) mass is 306 g/mol. The largest absolute Gasteiger partial charge is 0.508 e. The number of ether oxygens (including phenoxy) is 2.